The van der Waals surface area contributed by atoms with Crippen molar-refractivity contribution in [3.05, 3.63) is 0 Å². The Morgan fingerprint density at radius 2 is 1.39 bits per heavy atom. The normalized spacial score (nSPS) is 28.7. The lowest BCUT2D eigenvalue weighted by Gasteiger charge is -2.40. The van der Waals surface area contributed by atoms with Gasteiger partial charge in [-0.15, -0.1) is 0 Å². The van der Waals surface area contributed by atoms with Crippen LogP contribution < -0.4 is 0 Å². The topological polar surface area (TPSA) is 6.48 Å². The standard InChI is InChI=1S/C21H42N2/c1-17-9-13-23(15-17)21(7,8)12-11-20(5,6)18-10-14-22(16-18)19(2,3)4/h17-18H,9-16H2,1-8H3/t17-,18+/m1/s1. The third kappa shape index (κ3) is 4.72. The highest BCUT2D eigenvalue weighted by Crippen LogP contribution is 2.42. The lowest BCUT2D eigenvalue weighted by molar-refractivity contribution is 0.0945. The number of hydrogen-bond donors (Lipinski definition) is 0. The van der Waals surface area contributed by atoms with Crippen LogP contribution in [0.3, 0.4) is 0 Å². The van der Waals surface area contributed by atoms with Gasteiger partial charge in [-0.3, -0.25) is 9.80 Å². The van der Waals surface area contributed by atoms with Crippen LogP contribution in [0.15, 0.2) is 0 Å². The Labute approximate surface area is 146 Å². The Morgan fingerprint density at radius 1 is 0.783 bits per heavy atom. The molecule has 2 heterocycles. The lowest BCUT2D eigenvalue weighted by Crippen LogP contribution is -2.44. The van der Waals surface area contributed by atoms with Crippen molar-refractivity contribution in [2.75, 3.05) is 26.2 Å². The minimum absolute atomic E-state index is 0.329. The van der Waals surface area contributed by atoms with Gasteiger partial charge in [0.1, 0.15) is 0 Å². The van der Waals surface area contributed by atoms with Crippen molar-refractivity contribution in [3.8, 4) is 0 Å². The average Bonchev–Trinajstić information content (AvgIpc) is 3.04. The summed E-state index contributed by atoms with van der Waals surface area (Å²) >= 11 is 0. The van der Waals surface area contributed by atoms with E-state index in [4.69, 9.17) is 0 Å². The second-order valence-corrected chi connectivity index (χ2v) is 10.7. The van der Waals surface area contributed by atoms with Gasteiger partial charge in [-0.2, -0.15) is 0 Å². The molecule has 0 amide bonds. The van der Waals surface area contributed by atoms with Crippen molar-refractivity contribution in [2.45, 2.75) is 92.2 Å². The summed E-state index contributed by atoms with van der Waals surface area (Å²) in [7, 11) is 0. The summed E-state index contributed by atoms with van der Waals surface area (Å²) in [5.74, 6) is 1.74. The van der Waals surface area contributed by atoms with E-state index in [0.717, 1.165) is 11.8 Å². The number of nitrogens with zero attached hydrogens (tertiary/aromatic N) is 2. The van der Waals surface area contributed by atoms with Gasteiger partial charge in [0.05, 0.1) is 0 Å². The first-order valence-corrected chi connectivity index (χ1v) is 9.92. The maximum atomic E-state index is 2.74. The molecule has 0 aromatic rings. The van der Waals surface area contributed by atoms with Gasteiger partial charge in [0.25, 0.3) is 0 Å². The zero-order valence-electron chi connectivity index (χ0n) is 17.2. The maximum absolute atomic E-state index is 2.74. The molecule has 0 aliphatic carbocycles. The average molecular weight is 323 g/mol. The number of rotatable bonds is 5. The molecule has 2 rings (SSSR count). The zero-order chi connectivity index (χ0) is 17.5. The van der Waals surface area contributed by atoms with Gasteiger partial charge in [-0.1, -0.05) is 20.8 Å². The minimum atomic E-state index is 0.329. The molecule has 0 aromatic carbocycles. The van der Waals surface area contributed by atoms with Crippen LogP contribution in [0.4, 0.5) is 0 Å². The smallest absolute Gasteiger partial charge is 0.0153 e. The fourth-order valence-electron chi connectivity index (χ4n) is 4.48. The molecular formula is C21H42N2. The van der Waals surface area contributed by atoms with Crippen molar-refractivity contribution in [1.29, 1.82) is 0 Å². The van der Waals surface area contributed by atoms with Crippen LogP contribution in [-0.2, 0) is 0 Å². The van der Waals surface area contributed by atoms with Gasteiger partial charge in [0.2, 0.25) is 0 Å². The summed E-state index contributed by atoms with van der Waals surface area (Å²) in [6.07, 6.45) is 5.45. The molecule has 0 spiro atoms. The largest absolute Gasteiger partial charge is 0.298 e. The van der Waals surface area contributed by atoms with Crippen molar-refractivity contribution in [3.63, 3.8) is 0 Å². The Morgan fingerprint density at radius 3 is 1.87 bits per heavy atom. The Kier molecular flexibility index (Phi) is 5.58. The summed E-state index contributed by atoms with van der Waals surface area (Å²) in [4.78, 5) is 5.43. The monoisotopic (exact) mass is 322 g/mol. The molecule has 136 valence electrons. The van der Waals surface area contributed by atoms with E-state index in [1.165, 1.54) is 51.9 Å². The molecule has 2 atom stereocenters. The molecule has 0 radical (unpaired) electrons. The summed E-state index contributed by atoms with van der Waals surface area (Å²) in [5.41, 5.74) is 1.16. The summed E-state index contributed by atoms with van der Waals surface area (Å²) in [6, 6.07) is 0. The van der Waals surface area contributed by atoms with E-state index >= 15 is 0 Å². The van der Waals surface area contributed by atoms with Crippen LogP contribution in [0.1, 0.15) is 81.1 Å². The first-order chi connectivity index (χ1) is 10.4. The molecule has 23 heavy (non-hydrogen) atoms. The highest BCUT2D eigenvalue weighted by molar-refractivity contribution is 4.94. The third-order valence-corrected chi connectivity index (χ3v) is 6.90. The van der Waals surface area contributed by atoms with Gasteiger partial charge in [0, 0.05) is 24.2 Å². The Bertz CT molecular complexity index is 391. The van der Waals surface area contributed by atoms with Crippen LogP contribution in [-0.4, -0.2) is 47.1 Å². The lowest BCUT2D eigenvalue weighted by atomic mass is 9.72. The van der Waals surface area contributed by atoms with Gasteiger partial charge in [-0.25, -0.2) is 0 Å². The van der Waals surface area contributed by atoms with E-state index in [2.05, 4.69) is 65.2 Å². The molecule has 0 N–H and O–H groups in total. The fourth-order valence-corrected chi connectivity index (χ4v) is 4.48. The quantitative estimate of drug-likeness (QED) is 0.700. The first kappa shape index (κ1) is 19.2. The second-order valence-electron chi connectivity index (χ2n) is 10.7. The van der Waals surface area contributed by atoms with Crippen molar-refractivity contribution >= 4 is 0 Å². The van der Waals surface area contributed by atoms with Crippen LogP contribution in [0, 0.1) is 17.3 Å². The molecule has 2 heteroatoms. The van der Waals surface area contributed by atoms with Crippen LogP contribution in [0.2, 0.25) is 0 Å². The van der Waals surface area contributed by atoms with Crippen LogP contribution in [0.5, 0.6) is 0 Å². The van der Waals surface area contributed by atoms with E-state index < -0.39 is 0 Å². The predicted molar refractivity (Wildman–Crippen MR) is 102 cm³/mol. The van der Waals surface area contributed by atoms with Gasteiger partial charge in [0.15, 0.2) is 0 Å². The van der Waals surface area contributed by atoms with Crippen LogP contribution >= 0.6 is 0 Å². The Hall–Kier alpha value is -0.0800. The van der Waals surface area contributed by atoms with Gasteiger partial charge >= 0.3 is 0 Å². The van der Waals surface area contributed by atoms with E-state index in [9.17, 15) is 0 Å². The number of likely N-dealkylation sites (tertiary alicyclic amines) is 2. The minimum Gasteiger partial charge on any atom is -0.298 e. The van der Waals surface area contributed by atoms with E-state index in [-0.39, 0.29) is 0 Å². The maximum Gasteiger partial charge on any atom is 0.0153 e. The van der Waals surface area contributed by atoms with E-state index in [1.807, 2.05) is 0 Å². The van der Waals surface area contributed by atoms with Crippen molar-refractivity contribution in [2.24, 2.45) is 17.3 Å². The number of hydrogen-bond acceptors (Lipinski definition) is 2. The Balaban J connectivity index is 1.89. The second kappa shape index (κ2) is 6.67. The highest BCUT2D eigenvalue weighted by atomic mass is 15.2. The van der Waals surface area contributed by atoms with Gasteiger partial charge in [-0.05, 0) is 90.6 Å². The van der Waals surface area contributed by atoms with Crippen molar-refractivity contribution in [1.82, 2.24) is 9.80 Å². The fraction of sp³-hybridized carbons (Fsp3) is 1.00. The molecule has 0 aromatic heterocycles. The summed E-state index contributed by atoms with van der Waals surface area (Å²) in [6.45, 7) is 24.6. The molecule has 2 nitrogen and oxygen atoms in total. The molecular weight excluding hydrogens is 280 g/mol. The molecule has 2 saturated heterocycles. The van der Waals surface area contributed by atoms with Crippen molar-refractivity contribution < 1.29 is 0 Å². The zero-order valence-corrected chi connectivity index (χ0v) is 17.2. The SMILES string of the molecule is C[C@@H]1CCN(C(C)(C)CCC(C)(C)[C@H]2CCN(C(C)(C)C)C2)C1. The van der Waals surface area contributed by atoms with E-state index in [1.54, 1.807) is 0 Å². The summed E-state index contributed by atoms with van der Waals surface area (Å²) < 4.78 is 0. The van der Waals surface area contributed by atoms with Gasteiger partial charge < -0.3 is 0 Å². The van der Waals surface area contributed by atoms with E-state index in [0.29, 0.717) is 16.5 Å². The molecule has 0 bridgehead atoms. The van der Waals surface area contributed by atoms with Crippen LogP contribution in [0.25, 0.3) is 0 Å². The summed E-state index contributed by atoms with van der Waals surface area (Å²) in [5, 5.41) is 0. The molecule has 0 saturated carbocycles. The molecule has 2 fully saturated rings. The molecule has 2 aliphatic heterocycles. The molecule has 2 aliphatic rings. The molecule has 0 unspecified atom stereocenters. The predicted octanol–water partition coefficient (Wildman–Crippen LogP) is 5.03. The first-order valence-electron chi connectivity index (χ1n) is 9.92. The highest BCUT2D eigenvalue weighted by Gasteiger charge is 2.40. The third-order valence-electron chi connectivity index (χ3n) is 6.90.